The van der Waals surface area contributed by atoms with Gasteiger partial charge in [0.25, 0.3) is 0 Å². The molecule has 2 aromatic carbocycles. The Bertz CT molecular complexity index is 864. The van der Waals surface area contributed by atoms with E-state index in [0.717, 1.165) is 5.69 Å². The van der Waals surface area contributed by atoms with Gasteiger partial charge in [-0.3, -0.25) is 9.59 Å². The van der Waals surface area contributed by atoms with Crippen molar-refractivity contribution >= 4 is 23.2 Å². The van der Waals surface area contributed by atoms with Gasteiger partial charge in [0.15, 0.2) is 11.5 Å². The Hall–Kier alpha value is -3.29. The highest BCUT2D eigenvalue weighted by atomic mass is 19.1. The van der Waals surface area contributed by atoms with Crippen molar-refractivity contribution in [2.45, 2.75) is 0 Å². The van der Waals surface area contributed by atoms with E-state index in [0.29, 0.717) is 43.4 Å². The van der Waals surface area contributed by atoms with Gasteiger partial charge in [-0.2, -0.15) is 0 Å². The molecule has 0 radical (unpaired) electrons. The predicted octanol–water partition coefficient (Wildman–Crippen LogP) is 1.84. The van der Waals surface area contributed by atoms with Crippen LogP contribution in [0.3, 0.4) is 0 Å². The molecule has 0 unspecified atom stereocenters. The molecule has 1 N–H and O–H groups in total. The fraction of sp³-hybridized carbons (Fsp3) is 0.263. The van der Waals surface area contributed by atoms with E-state index in [-0.39, 0.29) is 12.6 Å². The summed E-state index contributed by atoms with van der Waals surface area (Å²) in [5, 5.41) is 2.60. The highest BCUT2D eigenvalue weighted by Crippen LogP contribution is 2.34. The van der Waals surface area contributed by atoms with Crippen LogP contribution in [0, 0.1) is 5.82 Å². The standard InChI is InChI=1S/C19H18FN3O4/c20-13-1-4-15(5-2-13)22-7-9-23(10-8-22)19(25)18(24)21-14-3-6-16-17(11-14)27-12-26-16/h1-6,11H,7-10,12H2,(H,21,24). The van der Waals surface area contributed by atoms with Gasteiger partial charge >= 0.3 is 11.8 Å². The number of benzene rings is 2. The third kappa shape index (κ3) is 3.64. The molecule has 2 aromatic rings. The molecule has 4 rings (SSSR count). The maximum Gasteiger partial charge on any atom is 0.313 e. The number of hydrogen-bond donors (Lipinski definition) is 1. The van der Waals surface area contributed by atoms with Gasteiger partial charge in [-0.15, -0.1) is 0 Å². The Morgan fingerprint density at radius 1 is 0.926 bits per heavy atom. The molecule has 0 bridgehead atoms. The van der Waals surface area contributed by atoms with E-state index in [9.17, 15) is 14.0 Å². The monoisotopic (exact) mass is 371 g/mol. The van der Waals surface area contributed by atoms with Gasteiger partial charge in [0.2, 0.25) is 6.79 Å². The Morgan fingerprint density at radius 3 is 2.37 bits per heavy atom. The molecule has 8 heteroatoms. The summed E-state index contributed by atoms with van der Waals surface area (Å²) in [7, 11) is 0. The highest BCUT2D eigenvalue weighted by molar-refractivity contribution is 6.39. The second kappa shape index (κ2) is 7.14. The molecule has 1 fully saturated rings. The predicted molar refractivity (Wildman–Crippen MR) is 96.4 cm³/mol. The molecule has 0 aliphatic carbocycles. The first-order valence-corrected chi connectivity index (χ1v) is 8.60. The van der Waals surface area contributed by atoms with Gasteiger partial charge in [-0.1, -0.05) is 0 Å². The molecule has 0 spiro atoms. The van der Waals surface area contributed by atoms with Crippen molar-refractivity contribution in [2.75, 3.05) is 43.2 Å². The quantitative estimate of drug-likeness (QED) is 0.816. The van der Waals surface area contributed by atoms with Crippen LogP contribution in [0.4, 0.5) is 15.8 Å². The van der Waals surface area contributed by atoms with Crippen LogP contribution in [0.15, 0.2) is 42.5 Å². The van der Waals surface area contributed by atoms with Crippen LogP contribution in [-0.4, -0.2) is 49.7 Å². The molecule has 2 heterocycles. The van der Waals surface area contributed by atoms with E-state index < -0.39 is 11.8 Å². The first kappa shape index (κ1) is 17.1. The van der Waals surface area contributed by atoms with E-state index >= 15 is 0 Å². The summed E-state index contributed by atoms with van der Waals surface area (Å²) in [6.07, 6.45) is 0. The minimum absolute atomic E-state index is 0.143. The number of amides is 2. The van der Waals surface area contributed by atoms with Gasteiger partial charge in [-0.05, 0) is 36.4 Å². The first-order valence-electron chi connectivity index (χ1n) is 8.60. The van der Waals surface area contributed by atoms with Crippen LogP contribution < -0.4 is 19.7 Å². The van der Waals surface area contributed by atoms with Crippen LogP contribution in [0.5, 0.6) is 11.5 Å². The molecule has 7 nitrogen and oxygen atoms in total. The van der Waals surface area contributed by atoms with Crippen LogP contribution in [-0.2, 0) is 9.59 Å². The van der Waals surface area contributed by atoms with Gasteiger partial charge in [0.05, 0.1) is 0 Å². The van der Waals surface area contributed by atoms with Crippen LogP contribution in [0.25, 0.3) is 0 Å². The fourth-order valence-corrected chi connectivity index (χ4v) is 3.12. The summed E-state index contributed by atoms with van der Waals surface area (Å²) in [5.41, 5.74) is 1.37. The Labute approximate surface area is 155 Å². The maximum atomic E-state index is 13.0. The summed E-state index contributed by atoms with van der Waals surface area (Å²) in [6, 6.07) is 11.2. The van der Waals surface area contributed by atoms with Crippen LogP contribution >= 0.6 is 0 Å². The zero-order chi connectivity index (χ0) is 18.8. The fourth-order valence-electron chi connectivity index (χ4n) is 3.12. The Kier molecular flexibility index (Phi) is 4.53. The van der Waals surface area contributed by atoms with Gasteiger partial charge in [0, 0.05) is 43.6 Å². The third-order valence-electron chi connectivity index (χ3n) is 4.58. The Balaban J connectivity index is 1.33. The minimum Gasteiger partial charge on any atom is -0.454 e. The minimum atomic E-state index is -0.691. The number of piperazine rings is 1. The van der Waals surface area contributed by atoms with E-state index in [4.69, 9.17) is 9.47 Å². The number of halogens is 1. The van der Waals surface area contributed by atoms with Gasteiger partial charge in [-0.25, -0.2) is 4.39 Å². The molecule has 2 amide bonds. The summed E-state index contributed by atoms with van der Waals surface area (Å²) in [6.45, 7) is 2.14. The zero-order valence-electron chi connectivity index (χ0n) is 14.5. The average Bonchev–Trinajstić information content (AvgIpc) is 3.16. The number of hydrogen-bond acceptors (Lipinski definition) is 5. The molecule has 140 valence electrons. The maximum absolute atomic E-state index is 13.0. The molecule has 0 aromatic heterocycles. The molecular weight excluding hydrogens is 353 g/mol. The van der Waals surface area contributed by atoms with Gasteiger partial charge in [0.1, 0.15) is 5.82 Å². The lowest BCUT2D eigenvalue weighted by Gasteiger charge is -2.35. The van der Waals surface area contributed by atoms with Crippen molar-refractivity contribution < 1.29 is 23.5 Å². The molecule has 2 aliphatic rings. The average molecular weight is 371 g/mol. The van der Waals surface area contributed by atoms with Crippen LogP contribution in [0.1, 0.15) is 0 Å². The lowest BCUT2D eigenvalue weighted by molar-refractivity contribution is -0.143. The first-order chi connectivity index (χ1) is 13.1. The zero-order valence-corrected chi connectivity index (χ0v) is 14.5. The molecule has 0 saturated carbocycles. The largest absolute Gasteiger partial charge is 0.454 e. The second-order valence-corrected chi connectivity index (χ2v) is 6.28. The lowest BCUT2D eigenvalue weighted by atomic mass is 10.2. The van der Waals surface area contributed by atoms with E-state index in [1.807, 2.05) is 0 Å². The Morgan fingerprint density at radius 2 is 1.63 bits per heavy atom. The van der Waals surface area contributed by atoms with Gasteiger partial charge < -0.3 is 24.6 Å². The SMILES string of the molecule is O=C(Nc1ccc2c(c1)OCO2)C(=O)N1CCN(c2ccc(F)cc2)CC1. The number of fused-ring (bicyclic) bond motifs is 1. The second-order valence-electron chi connectivity index (χ2n) is 6.28. The normalized spacial score (nSPS) is 15.6. The number of nitrogens with one attached hydrogen (secondary N) is 1. The number of carbonyl (C=O) groups is 2. The van der Waals surface area contributed by atoms with Crippen LogP contribution in [0.2, 0.25) is 0 Å². The van der Waals surface area contributed by atoms with Crippen molar-refractivity contribution in [3.63, 3.8) is 0 Å². The molecule has 0 atom stereocenters. The summed E-state index contributed by atoms with van der Waals surface area (Å²) < 4.78 is 23.5. The number of ether oxygens (including phenoxy) is 2. The number of nitrogens with zero attached hydrogens (tertiary/aromatic N) is 2. The highest BCUT2D eigenvalue weighted by Gasteiger charge is 2.26. The van der Waals surface area contributed by atoms with E-state index in [2.05, 4.69) is 10.2 Å². The van der Waals surface area contributed by atoms with Crippen molar-refractivity contribution in [1.29, 1.82) is 0 Å². The van der Waals surface area contributed by atoms with Crippen molar-refractivity contribution in [3.8, 4) is 11.5 Å². The molecule has 27 heavy (non-hydrogen) atoms. The molecule has 1 saturated heterocycles. The van der Waals surface area contributed by atoms with Crippen molar-refractivity contribution in [3.05, 3.63) is 48.3 Å². The third-order valence-corrected chi connectivity index (χ3v) is 4.58. The van der Waals surface area contributed by atoms with E-state index in [1.165, 1.54) is 17.0 Å². The molecule has 2 aliphatic heterocycles. The topological polar surface area (TPSA) is 71.1 Å². The molecular formula is C19H18FN3O4. The lowest BCUT2D eigenvalue weighted by Crippen LogP contribution is -2.51. The summed E-state index contributed by atoms with van der Waals surface area (Å²) in [5.74, 6) is -0.410. The number of carbonyl (C=O) groups excluding carboxylic acids is 2. The summed E-state index contributed by atoms with van der Waals surface area (Å²) >= 11 is 0. The smallest absolute Gasteiger partial charge is 0.313 e. The van der Waals surface area contributed by atoms with E-state index in [1.54, 1.807) is 30.3 Å². The number of rotatable bonds is 2. The summed E-state index contributed by atoms with van der Waals surface area (Å²) in [4.78, 5) is 28.3. The van der Waals surface area contributed by atoms with Crippen molar-refractivity contribution in [1.82, 2.24) is 4.90 Å². The van der Waals surface area contributed by atoms with Crippen molar-refractivity contribution in [2.24, 2.45) is 0 Å². The number of anilines is 2.